The summed E-state index contributed by atoms with van der Waals surface area (Å²) in [5.41, 5.74) is 0.457. The Hall–Kier alpha value is -3.46. The molecule has 31 heavy (non-hydrogen) atoms. The molecule has 0 aliphatic carbocycles. The van der Waals surface area contributed by atoms with Gasteiger partial charge in [-0.25, -0.2) is 4.79 Å². The number of anilines is 1. The van der Waals surface area contributed by atoms with Crippen LogP contribution in [0.25, 0.3) is 0 Å². The Morgan fingerprint density at radius 2 is 1.84 bits per heavy atom. The zero-order valence-corrected chi connectivity index (χ0v) is 17.0. The van der Waals surface area contributed by atoms with Crippen LogP contribution in [0.3, 0.4) is 0 Å². The van der Waals surface area contributed by atoms with Crippen molar-refractivity contribution in [3.63, 3.8) is 0 Å². The molecule has 3 rings (SSSR count). The number of carbonyl (C=O) groups excluding carboxylic acids is 2. The number of hydrogen-bond acceptors (Lipinski definition) is 7. The first kappa shape index (κ1) is 22.2. The number of aliphatic hydroxyl groups is 1. The minimum absolute atomic E-state index is 0.0741. The number of likely N-dealkylation sites (tertiary alicyclic amines) is 1. The van der Waals surface area contributed by atoms with Gasteiger partial charge in [0.05, 0.1) is 17.1 Å². The van der Waals surface area contributed by atoms with Crippen LogP contribution in [0.2, 0.25) is 0 Å². The topological polar surface area (TPSA) is 122 Å². The molecule has 0 bridgehead atoms. The zero-order valence-electron chi connectivity index (χ0n) is 17.0. The van der Waals surface area contributed by atoms with Crippen LogP contribution in [0.15, 0.2) is 48.5 Å². The average Bonchev–Trinajstić information content (AvgIpc) is 2.81. The van der Waals surface area contributed by atoms with E-state index < -0.39 is 17.0 Å². The van der Waals surface area contributed by atoms with Crippen molar-refractivity contribution in [3.8, 4) is 0 Å². The highest BCUT2D eigenvalue weighted by molar-refractivity contribution is 5.98. The molecule has 9 nitrogen and oxygen atoms in total. The van der Waals surface area contributed by atoms with Crippen LogP contribution in [0, 0.1) is 10.1 Å². The lowest BCUT2D eigenvalue weighted by atomic mass is 10.1. The van der Waals surface area contributed by atoms with Crippen molar-refractivity contribution in [2.75, 3.05) is 31.6 Å². The molecule has 2 aromatic rings. The van der Waals surface area contributed by atoms with E-state index >= 15 is 0 Å². The molecule has 1 aliphatic rings. The lowest BCUT2D eigenvalue weighted by Gasteiger charge is -2.30. The number of nitrogens with one attached hydrogen (secondary N) is 1. The third kappa shape index (κ3) is 5.58. The molecule has 1 fully saturated rings. The fourth-order valence-electron chi connectivity index (χ4n) is 3.50. The first-order valence-electron chi connectivity index (χ1n) is 10.2. The van der Waals surface area contributed by atoms with E-state index in [9.17, 15) is 19.7 Å². The molecule has 0 unspecified atom stereocenters. The number of nitrogens with zero attached hydrogens (tertiary/aromatic N) is 2. The number of non-ortho nitro benzene ring substituents is 1. The minimum Gasteiger partial charge on any atom is -0.444 e. The number of piperidine rings is 1. The lowest BCUT2D eigenvalue weighted by molar-refractivity contribution is -0.384. The Morgan fingerprint density at radius 3 is 2.48 bits per heavy atom. The van der Waals surface area contributed by atoms with Crippen molar-refractivity contribution < 1.29 is 24.4 Å². The summed E-state index contributed by atoms with van der Waals surface area (Å²) < 4.78 is 5.64. The number of rotatable bonds is 8. The second-order valence-corrected chi connectivity index (χ2v) is 7.22. The average molecular weight is 427 g/mol. The number of aliphatic hydroxyl groups excluding tert-OH is 1. The van der Waals surface area contributed by atoms with Gasteiger partial charge in [-0.15, -0.1) is 0 Å². The van der Waals surface area contributed by atoms with Gasteiger partial charge in [-0.2, -0.15) is 0 Å². The lowest BCUT2D eigenvalue weighted by Crippen LogP contribution is -2.40. The number of hydrogen-bond donors (Lipinski definition) is 2. The van der Waals surface area contributed by atoms with Gasteiger partial charge in [0.25, 0.3) is 11.6 Å². The molecule has 164 valence electrons. The molecular weight excluding hydrogens is 402 g/mol. The van der Waals surface area contributed by atoms with Gasteiger partial charge in [0.2, 0.25) is 6.10 Å². The van der Waals surface area contributed by atoms with E-state index in [1.165, 1.54) is 12.1 Å². The van der Waals surface area contributed by atoms with Gasteiger partial charge in [-0.3, -0.25) is 14.9 Å². The minimum atomic E-state index is -1.16. The first-order chi connectivity index (χ1) is 15.0. The third-order valence-electron chi connectivity index (χ3n) is 5.08. The van der Waals surface area contributed by atoms with Crippen molar-refractivity contribution in [2.45, 2.75) is 25.4 Å². The zero-order chi connectivity index (χ0) is 22.2. The molecule has 1 saturated heterocycles. The highest BCUT2D eigenvalue weighted by atomic mass is 16.6. The van der Waals surface area contributed by atoms with Crippen molar-refractivity contribution in [1.82, 2.24) is 4.90 Å². The summed E-state index contributed by atoms with van der Waals surface area (Å²) in [6.45, 7) is 1.15. The van der Waals surface area contributed by atoms with Crippen molar-refractivity contribution >= 4 is 23.3 Å². The SMILES string of the molecule is O=C(O[C@H](C(=O)N1CCCCC1)c1ccccc1)c1cc([N+](=O)[O-])ccc1NCCO. The van der Waals surface area contributed by atoms with Gasteiger partial charge >= 0.3 is 5.97 Å². The largest absolute Gasteiger partial charge is 0.444 e. The van der Waals surface area contributed by atoms with Crippen LogP contribution < -0.4 is 5.32 Å². The van der Waals surface area contributed by atoms with E-state index in [-0.39, 0.29) is 36.0 Å². The molecule has 1 heterocycles. The highest BCUT2D eigenvalue weighted by Gasteiger charge is 2.31. The standard InChI is InChI=1S/C22H25N3O6/c26-14-11-23-19-10-9-17(25(29)30)15-18(19)22(28)31-20(16-7-3-1-4-8-16)21(27)24-12-5-2-6-13-24/h1,3-4,7-10,15,20,23,26H,2,5-6,11-14H2/t20-/m0/s1. The predicted molar refractivity (Wildman–Crippen MR) is 114 cm³/mol. The van der Waals surface area contributed by atoms with Gasteiger partial charge in [-0.05, 0) is 25.3 Å². The summed E-state index contributed by atoms with van der Waals surface area (Å²) in [6.07, 6.45) is 1.67. The first-order valence-corrected chi connectivity index (χ1v) is 10.2. The molecule has 1 aliphatic heterocycles. The summed E-state index contributed by atoms with van der Waals surface area (Å²) in [7, 11) is 0. The summed E-state index contributed by atoms with van der Waals surface area (Å²) in [5, 5.41) is 23.1. The van der Waals surface area contributed by atoms with E-state index in [2.05, 4.69) is 5.32 Å². The highest BCUT2D eigenvalue weighted by Crippen LogP contribution is 2.28. The van der Waals surface area contributed by atoms with Crippen LogP contribution in [0.5, 0.6) is 0 Å². The quantitative estimate of drug-likeness (QED) is 0.377. The Labute approximate surface area is 179 Å². The Kier molecular flexibility index (Phi) is 7.55. The fourth-order valence-corrected chi connectivity index (χ4v) is 3.50. The maximum absolute atomic E-state index is 13.2. The molecule has 0 spiro atoms. The molecular formula is C22H25N3O6. The number of benzene rings is 2. The number of amides is 1. The summed E-state index contributed by atoms with van der Waals surface area (Å²) in [6, 6.07) is 12.5. The number of nitro benzene ring substituents is 1. The Morgan fingerprint density at radius 1 is 1.13 bits per heavy atom. The van der Waals surface area contributed by atoms with Gasteiger partial charge in [0, 0.05) is 43.0 Å². The van der Waals surface area contributed by atoms with Crippen molar-refractivity contribution in [3.05, 3.63) is 69.8 Å². The normalized spacial score (nSPS) is 14.5. The molecule has 9 heteroatoms. The van der Waals surface area contributed by atoms with Gasteiger partial charge < -0.3 is 20.1 Å². The second-order valence-electron chi connectivity index (χ2n) is 7.22. The monoisotopic (exact) mass is 427 g/mol. The number of ether oxygens (including phenoxy) is 1. The Balaban J connectivity index is 1.91. The summed E-state index contributed by atoms with van der Waals surface area (Å²) >= 11 is 0. The van der Waals surface area contributed by atoms with Crippen LogP contribution in [-0.4, -0.2) is 53.0 Å². The number of nitro groups is 1. The van der Waals surface area contributed by atoms with E-state index in [0.29, 0.717) is 18.7 Å². The molecule has 1 atom stereocenters. The second kappa shape index (κ2) is 10.5. The Bertz CT molecular complexity index is 928. The van der Waals surface area contributed by atoms with E-state index in [1.54, 1.807) is 35.2 Å². The number of esters is 1. The smallest absolute Gasteiger partial charge is 0.341 e. The maximum Gasteiger partial charge on any atom is 0.341 e. The van der Waals surface area contributed by atoms with Crippen LogP contribution in [-0.2, 0) is 9.53 Å². The predicted octanol–water partition coefficient (Wildman–Crippen LogP) is 2.91. The van der Waals surface area contributed by atoms with E-state index in [1.807, 2.05) is 0 Å². The molecule has 0 aromatic heterocycles. The van der Waals surface area contributed by atoms with Crippen LogP contribution in [0.4, 0.5) is 11.4 Å². The van der Waals surface area contributed by atoms with Crippen molar-refractivity contribution in [1.29, 1.82) is 0 Å². The molecule has 2 N–H and O–H groups in total. The van der Waals surface area contributed by atoms with E-state index in [4.69, 9.17) is 9.84 Å². The molecule has 1 amide bonds. The van der Waals surface area contributed by atoms with Gasteiger partial charge in [0.1, 0.15) is 0 Å². The molecule has 0 saturated carbocycles. The van der Waals surface area contributed by atoms with Crippen LogP contribution in [0.1, 0.15) is 41.3 Å². The fraction of sp³-hybridized carbons (Fsp3) is 0.364. The van der Waals surface area contributed by atoms with Gasteiger partial charge in [-0.1, -0.05) is 30.3 Å². The molecule has 2 aromatic carbocycles. The summed E-state index contributed by atoms with van der Waals surface area (Å²) in [5.74, 6) is -1.17. The maximum atomic E-state index is 13.2. The summed E-state index contributed by atoms with van der Waals surface area (Å²) in [4.78, 5) is 38.5. The molecule has 0 radical (unpaired) electrons. The number of carbonyl (C=O) groups is 2. The van der Waals surface area contributed by atoms with Crippen molar-refractivity contribution in [2.24, 2.45) is 0 Å². The van der Waals surface area contributed by atoms with E-state index in [0.717, 1.165) is 25.3 Å². The van der Waals surface area contributed by atoms with Crippen LogP contribution >= 0.6 is 0 Å². The van der Waals surface area contributed by atoms with Gasteiger partial charge in [0.15, 0.2) is 0 Å². The third-order valence-corrected chi connectivity index (χ3v) is 5.08.